The van der Waals surface area contributed by atoms with Crippen molar-refractivity contribution in [3.05, 3.63) is 27.4 Å². The second kappa shape index (κ2) is 6.04. The largest absolute Gasteiger partial charge is 0.312 e. The Balaban J connectivity index is 1.71. The predicted octanol–water partition coefficient (Wildman–Crippen LogP) is 2.99. The molecule has 2 heterocycles. The van der Waals surface area contributed by atoms with E-state index in [9.17, 15) is 8.42 Å². The molecule has 2 aromatic heterocycles. The molecule has 5 nitrogen and oxygen atoms in total. The third kappa shape index (κ3) is 3.63. The van der Waals surface area contributed by atoms with E-state index in [0.29, 0.717) is 22.5 Å². The van der Waals surface area contributed by atoms with Gasteiger partial charge < -0.3 is 5.32 Å². The molecule has 21 heavy (non-hydrogen) atoms. The maximum absolute atomic E-state index is 12.3. The zero-order chi connectivity index (χ0) is 14.9. The summed E-state index contributed by atoms with van der Waals surface area (Å²) >= 11 is 2.80. The number of hydrogen-bond acceptors (Lipinski definition) is 6. The fourth-order valence-corrected chi connectivity index (χ4v) is 5.21. The molecule has 1 fully saturated rings. The number of anilines is 1. The molecule has 0 atom stereocenters. The van der Waals surface area contributed by atoms with Gasteiger partial charge in [0, 0.05) is 28.1 Å². The van der Waals surface area contributed by atoms with Crippen LogP contribution in [0, 0.1) is 0 Å². The molecular formula is C13H17N3O2S3. The molecule has 1 saturated carbocycles. The van der Waals surface area contributed by atoms with E-state index in [1.54, 1.807) is 11.4 Å². The number of thiazole rings is 1. The van der Waals surface area contributed by atoms with Gasteiger partial charge in [-0.25, -0.2) is 13.4 Å². The maximum atomic E-state index is 12.3. The normalized spacial score (nSPS) is 15.3. The zero-order valence-electron chi connectivity index (χ0n) is 11.6. The number of rotatable bonds is 7. The van der Waals surface area contributed by atoms with Crippen LogP contribution >= 0.6 is 22.7 Å². The monoisotopic (exact) mass is 343 g/mol. The average Bonchev–Trinajstić information content (AvgIpc) is 3.00. The van der Waals surface area contributed by atoms with Crippen LogP contribution in [-0.2, 0) is 16.6 Å². The first-order valence-corrected chi connectivity index (χ1v) is 10.1. The van der Waals surface area contributed by atoms with Crippen LogP contribution in [0.5, 0.6) is 0 Å². The van der Waals surface area contributed by atoms with E-state index in [-0.39, 0.29) is 0 Å². The molecule has 2 aromatic rings. The average molecular weight is 343 g/mol. The van der Waals surface area contributed by atoms with E-state index in [0.717, 1.165) is 30.0 Å². The van der Waals surface area contributed by atoms with Gasteiger partial charge in [0.25, 0.3) is 10.0 Å². The highest BCUT2D eigenvalue weighted by Gasteiger charge is 2.27. The van der Waals surface area contributed by atoms with Gasteiger partial charge in [-0.15, -0.1) is 22.7 Å². The Bertz CT molecular complexity index is 717. The Morgan fingerprint density at radius 3 is 2.86 bits per heavy atom. The fourth-order valence-electron chi connectivity index (χ4n) is 1.92. The van der Waals surface area contributed by atoms with Crippen LogP contribution in [0.3, 0.4) is 0 Å². The molecule has 0 unspecified atom stereocenters. The van der Waals surface area contributed by atoms with Gasteiger partial charge in [-0.05, 0) is 25.5 Å². The minimum Gasteiger partial charge on any atom is -0.312 e. The number of aromatic nitrogens is 1. The Morgan fingerprint density at radius 1 is 1.33 bits per heavy atom. The third-order valence-corrected chi connectivity index (χ3v) is 6.54. The number of nitrogens with one attached hydrogen (secondary N) is 2. The van der Waals surface area contributed by atoms with Crippen molar-refractivity contribution < 1.29 is 8.42 Å². The Kier molecular flexibility index (Phi) is 4.30. The van der Waals surface area contributed by atoms with E-state index in [1.165, 1.54) is 22.7 Å². The third-order valence-electron chi connectivity index (χ3n) is 3.23. The van der Waals surface area contributed by atoms with Crippen molar-refractivity contribution in [1.82, 2.24) is 10.3 Å². The SMILES string of the molecule is CCNCc1cc(S(=O)(=O)Nc2nc(C3CC3)cs2)cs1. The lowest BCUT2D eigenvalue weighted by molar-refractivity contribution is 0.601. The van der Waals surface area contributed by atoms with Gasteiger partial charge in [0.2, 0.25) is 0 Å². The molecule has 1 aliphatic carbocycles. The van der Waals surface area contributed by atoms with E-state index in [2.05, 4.69) is 15.0 Å². The maximum Gasteiger partial charge on any atom is 0.264 e. The summed E-state index contributed by atoms with van der Waals surface area (Å²) in [4.78, 5) is 5.68. The summed E-state index contributed by atoms with van der Waals surface area (Å²) in [5.74, 6) is 0.535. The van der Waals surface area contributed by atoms with Crippen molar-refractivity contribution in [2.75, 3.05) is 11.3 Å². The highest BCUT2D eigenvalue weighted by molar-refractivity contribution is 7.93. The van der Waals surface area contributed by atoms with Gasteiger partial charge in [0.15, 0.2) is 5.13 Å². The summed E-state index contributed by atoms with van der Waals surface area (Å²) < 4.78 is 27.2. The van der Waals surface area contributed by atoms with Crippen molar-refractivity contribution >= 4 is 37.8 Å². The van der Waals surface area contributed by atoms with Gasteiger partial charge >= 0.3 is 0 Å². The first-order valence-electron chi connectivity index (χ1n) is 6.85. The first kappa shape index (κ1) is 15.0. The summed E-state index contributed by atoms with van der Waals surface area (Å²) in [7, 11) is -3.53. The summed E-state index contributed by atoms with van der Waals surface area (Å²) in [5, 5.41) is 7.26. The lowest BCUT2D eigenvalue weighted by Crippen LogP contribution is -2.12. The molecule has 8 heteroatoms. The number of sulfonamides is 1. The van der Waals surface area contributed by atoms with Crippen molar-refractivity contribution in [3.8, 4) is 0 Å². The second-order valence-electron chi connectivity index (χ2n) is 4.99. The molecule has 1 aliphatic rings. The highest BCUT2D eigenvalue weighted by atomic mass is 32.2. The lowest BCUT2D eigenvalue weighted by Gasteiger charge is -2.02. The predicted molar refractivity (Wildman–Crippen MR) is 86.6 cm³/mol. The number of hydrogen-bond donors (Lipinski definition) is 2. The van der Waals surface area contributed by atoms with Crippen LogP contribution in [0.4, 0.5) is 5.13 Å². The molecule has 0 bridgehead atoms. The van der Waals surface area contributed by atoms with Crippen LogP contribution in [0.1, 0.15) is 36.3 Å². The minimum absolute atomic E-state index is 0.309. The molecule has 0 saturated heterocycles. The lowest BCUT2D eigenvalue weighted by atomic mass is 10.3. The molecule has 2 N–H and O–H groups in total. The van der Waals surface area contributed by atoms with Crippen molar-refractivity contribution in [1.29, 1.82) is 0 Å². The molecule has 0 aliphatic heterocycles. The van der Waals surface area contributed by atoms with Crippen molar-refractivity contribution in [3.63, 3.8) is 0 Å². The van der Waals surface area contributed by atoms with E-state index >= 15 is 0 Å². The second-order valence-corrected chi connectivity index (χ2v) is 8.52. The minimum atomic E-state index is -3.53. The smallest absolute Gasteiger partial charge is 0.264 e. The summed E-state index contributed by atoms with van der Waals surface area (Å²) in [6, 6.07) is 1.71. The van der Waals surface area contributed by atoms with Gasteiger partial charge in [0.05, 0.1) is 10.6 Å². The Morgan fingerprint density at radius 2 is 2.14 bits per heavy atom. The quantitative estimate of drug-likeness (QED) is 0.811. The first-order chi connectivity index (χ1) is 10.1. The van der Waals surface area contributed by atoms with Gasteiger partial charge in [-0.3, -0.25) is 4.72 Å². The number of thiophene rings is 1. The molecule has 114 valence electrons. The molecule has 0 amide bonds. The van der Waals surface area contributed by atoms with Gasteiger partial charge in [-0.1, -0.05) is 6.92 Å². The van der Waals surface area contributed by atoms with Crippen molar-refractivity contribution in [2.24, 2.45) is 0 Å². The Hall–Kier alpha value is -0.960. The topological polar surface area (TPSA) is 71.1 Å². The van der Waals surface area contributed by atoms with Crippen molar-refractivity contribution in [2.45, 2.75) is 37.1 Å². The summed E-state index contributed by atoms with van der Waals surface area (Å²) in [6.45, 7) is 3.58. The zero-order valence-corrected chi connectivity index (χ0v) is 14.1. The van der Waals surface area contributed by atoms with E-state index in [4.69, 9.17) is 0 Å². The molecule has 0 aromatic carbocycles. The standard InChI is InChI=1S/C13H17N3O2S3/c1-2-14-6-10-5-11(7-19-10)21(17,18)16-13-15-12(8-20-13)9-3-4-9/h5,7-9,14H,2-4,6H2,1H3,(H,15,16). The number of nitrogens with zero attached hydrogens (tertiary/aromatic N) is 1. The highest BCUT2D eigenvalue weighted by Crippen LogP contribution is 2.41. The van der Waals surface area contributed by atoms with E-state index in [1.807, 2.05) is 12.3 Å². The molecule has 0 radical (unpaired) electrons. The fraction of sp³-hybridized carbons (Fsp3) is 0.462. The molecule has 0 spiro atoms. The van der Waals surface area contributed by atoms with Gasteiger partial charge in [0.1, 0.15) is 0 Å². The van der Waals surface area contributed by atoms with Crippen LogP contribution in [0.25, 0.3) is 0 Å². The summed E-state index contributed by atoms with van der Waals surface area (Å²) in [6.07, 6.45) is 2.32. The van der Waals surface area contributed by atoms with Crippen LogP contribution < -0.4 is 10.0 Å². The van der Waals surface area contributed by atoms with Gasteiger partial charge in [-0.2, -0.15) is 0 Å². The molecule has 3 rings (SSSR count). The van der Waals surface area contributed by atoms with Crippen LogP contribution in [0.15, 0.2) is 21.7 Å². The van der Waals surface area contributed by atoms with Crippen LogP contribution in [-0.4, -0.2) is 19.9 Å². The molecular weight excluding hydrogens is 326 g/mol. The van der Waals surface area contributed by atoms with Crippen LogP contribution in [0.2, 0.25) is 0 Å². The Labute approximate surface area is 132 Å². The van der Waals surface area contributed by atoms with E-state index < -0.39 is 10.0 Å². The summed E-state index contributed by atoms with van der Waals surface area (Å²) in [5.41, 5.74) is 1.01.